The van der Waals surface area contributed by atoms with Crippen molar-refractivity contribution < 1.29 is 26.3 Å². The molecule has 0 aliphatic heterocycles. The van der Waals surface area contributed by atoms with E-state index in [0.717, 1.165) is 4.68 Å². The molecule has 2 rings (SSSR count). The maximum absolute atomic E-state index is 12.8. The van der Waals surface area contributed by atoms with Gasteiger partial charge in [0.05, 0.1) is 28.3 Å². The number of nitrogens with zero attached hydrogens (tertiary/aromatic N) is 3. The second-order valence-corrected chi connectivity index (χ2v) is 5.38. The van der Waals surface area contributed by atoms with Crippen LogP contribution < -0.4 is 0 Å². The van der Waals surface area contributed by atoms with E-state index >= 15 is 0 Å². The summed E-state index contributed by atoms with van der Waals surface area (Å²) in [5, 5.41) is 12.7. The van der Waals surface area contributed by atoms with Gasteiger partial charge in [-0.2, -0.15) is 36.7 Å². The summed E-state index contributed by atoms with van der Waals surface area (Å²) < 4.78 is 78.0. The van der Waals surface area contributed by atoms with Crippen molar-refractivity contribution in [3.8, 4) is 6.07 Å². The minimum absolute atomic E-state index is 0.00373. The van der Waals surface area contributed by atoms with Crippen molar-refractivity contribution in [1.29, 1.82) is 5.26 Å². The Balaban J connectivity index is 2.52. The van der Waals surface area contributed by atoms with E-state index in [1.807, 2.05) is 0 Å². The van der Waals surface area contributed by atoms with Crippen molar-refractivity contribution in [3.05, 3.63) is 51.3 Å². The number of nitriles is 1. The predicted octanol–water partition coefficient (Wildman–Crippen LogP) is 4.60. The molecule has 0 bridgehead atoms. The lowest BCUT2D eigenvalue weighted by Gasteiger charge is -2.14. The average molecular weight is 398 g/mol. The van der Waals surface area contributed by atoms with Crippen LogP contribution in [0.25, 0.3) is 0 Å². The van der Waals surface area contributed by atoms with E-state index in [1.54, 1.807) is 6.07 Å². The smallest absolute Gasteiger partial charge is 0.249 e. The Kier molecular flexibility index (Phi) is 4.43. The minimum Gasteiger partial charge on any atom is -0.249 e. The number of hydrogen-bond acceptors (Lipinski definition) is 2. The molecule has 1 heterocycles. The highest BCUT2D eigenvalue weighted by atomic mass is 79.9. The van der Waals surface area contributed by atoms with Crippen LogP contribution in [0.5, 0.6) is 0 Å². The summed E-state index contributed by atoms with van der Waals surface area (Å²) in [6, 6.07) is 3.02. The Labute approximate surface area is 134 Å². The Bertz CT molecular complexity index is 737. The highest BCUT2D eigenvalue weighted by molar-refractivity contribution is 9.10. The van der Waals surface area contributed by atoms with E-state index < -0.39 is 30.0 Å². The molecule has 0 saturated carbocycles. The third-order valence-electron chi connectivity index (χ3n) is 2.88. The van der Waals surface area contributed by atoms with E-state index in [1.165, 1.54) is 6.20 Å². The lowest BCUT2D eigenvalue weighted by Crippen LogP contribution is -2.13. The zero-order chi connectivity index (χ0) is 17.4. The average Bonchev–Trinajstić information content (AvgIpc) is 2.76. The highest BCUT2D eigenvalue weighted by Crippen LogP contribution is 2.36. The van der Waals surface area contributed by atoms with Gasteiger partial charge in [-0.15, -0.1) is 0 Å². The van der Waals surface area contributed by atoms with Crippen LogP contribution in [0.3, 0.4) is 0 Å². The zero-order valence-electron chi connectivity index (χ0n) is 11.0. The summed E-state index contributed by atoms with van der Waals surface area (Å²) in [6.07, 6.45) is -8.60. The number of halogens is 7. The van der Waals surface area contributed by atoms with Crippen molar-refractivity contribution in [2.24, 2.45) is 0 Å². The number of rotatable bonds is 2. The normalized spacial score (nSPS) is 12.3. The highest BCUT2D eigenvalue weighted by Gasteiger charge is 2.36. The standard InChI is InChI=1S/C13H6BrF6N3/c14-10-5-22-23(11(10)4-21)6-7-1-8(12(15,16)17)3-9(2-7)13(18,19)20/h1-3,5H,6H2. The fraction of sp³-hybridized carbons (Fsp3) is 0.231. The first-order valence-electron chi connectivity index (χ1n) is 5.92. The summed E-state index contributed by atoms with van der Waals surface area (Å²) in [5.41, 5.74) is -3.09. The van der Waals surface area contributed by atoms with Crippen LogP contribution in [0.1, 0.15) is 22.4 Å². The van der Waals surface area contributed by atoms with E-state index in [2.05, 4.69) is 21.0 Å². The molecule has 0 amide bonds. The third kappa shape index (κ3) is 3.85. The van der Waals surface area contributed by atoms with Gasteiger partial charge in [-0.25, -0.2) is 4.68 Å². The number of alkyl halides is 6. The second kappa shape index (κ2) is 5.88. The summed E-state index contributed by atoms with van der Waals surface area (Å²) in [7, 11) is 0. The van der Waals surface area contributed by atoms with Crippen molar-refractivity contribution >= 4 is 15.9 Å². The van der Waals surface area contributed by atoms with Gasteiger partial charge >= 0.3 is 12.4 Å². The Hall–Kier alpha value is -2.02. The van der Waals surface area contributed by atoms with Gasteiger partial charge in [0.1, 0.15) is 6.07 Å². The van der Waals surface area contributed by atoms with Gasteiger partial charge in [0.25, 0.3) is 0 Å². The molecule has 0 unspecified atom stereocenters. The fourth-order valence-corrected chi connectivity index (χ4v) is 2.26. The first kappa shape index (κ1) is 17.3. The maximum Gasteiger partial charge on any atom is 0.416 e. The molecule has 0 aliphatic rings. The van der Waals surface area contributed by atoms with Crippen molar-refractivity contribution in [3.63, 3.8) is 0 Å². The maximum atomic E-state index is 12.8. The molecule has 2 aromatic rings. The molecule has 0 radical (unpaired) electrons. The van der Waals surface area contributed by atoms with Crippen LogP contribution >= 0.6 is 15.9 Å². The number of aromatic nitrogens is 2. The summed E-state index contributed by atoms with van der Waals surface area (Å²) in [5.74, 6) is 0. The predicted molar refractivity (Wildman–Crippen MR) is 70.2 cm³/mol. The van der Waals surface area contributed by atoms with Crippen molar-refractivity contribution in [2.45, 2.75) is 18.9 Å². The van der Waals surface area contributed by atoms with Gasteiger partial charge in [0.15, 0.2) is 5.69 Å². The molecule has 10 heteroatoms. The largest absolute Gasteiger partial charge is 0.416 e. The first-order chi connectivity index (χ1) is 10.5. The molecule has 122 valence electrons. The number of hydrogen-bond donors (Lipinski definition) is 0. The minimum atomic E-state index is -4.92. The van der Waals surface area contributed by atoms with Crippen LogP contribution in [0.15, 0.2) is 28.9 Å². The Morgan fingerprint density at radius 2 is 1.57 bits per heavy atom. The monoisotopic (exact) mass is 397 g/mol. The Morgan fingerprint density at radius 1 is 1.04 bits per heavy atom. The topological polar surface area (TPSA) is 41.6 Å². The second-order valence-electron chi connectivity index (χ2n) is 4.52. The van der Waals surface area contributed by atoms with Crippen LogP contribution in [0, 0.1) is 11.3 Å². The van der Waals surface area contributed by atoms with Gasteiger partial charge in [-0.05, 0) is 39.7 Å². The molecule has 0 aliphatic carbocycles. The van der Waals surface area contributed by atoms with Gasteiger partial charge in [-0.1, -0.05) is 0 Å². The molecule has 3 nitrogen and oxygen atoms in total. The molecule has 0 N–H and O–H groups in total. The molecule has 23 heavy (non-hydrogen) atoms. The lowest BCUT2D eigenvalue weighted by atomic mass is 10.0. The van der Waals surface area contributed by atoms with Crippen LogP contribution in [0.4, 0.5) is 26.3 Å². The van der Waals surface area contributed by atoms with E-state index in [9.17, 15) is 26.3 Å². The van der Waals surface area contributed by atoms with E-state index in [4.69, 9.17) is 5.26 Å². The molecule has 1 aromatic carbocycles. The summed E-state index contributed by atoms with van der Waals surface area (Å²) in [4.78, 5) is 0. The van der Waals surface area contributed by atoms with Crippen LogP contribution in [0.2, 0.25) is 0 Å². The fourth-order valence-electron chi connectivity index (χ4n) is 1.88. The first-order valence-corrected chi connectivity index (χ1v) is 6.71. The molecule has 1 aromatic heterocycles. The van der Waals surface area contributed by atoms with Gasteiger partial charge in [0, 0.05) is 0 Å². The third-order valence-corrected chi connectivity index (χ3v) is 3.46. The van der Waals surface area contributed by atoms with Crippen LogP contribution in [-0.4, -0.2) is 9.78 Å². The Morgan fingerprint density at radius 3 is 2.00 bits per heavy atom. The molecular formula is C13H6BrF6N3. The zero-order valence-corrected chi connectivity index (χ0v) is 12.6. The molecule has 0 saturated heterocycles. The van der Waals surface area contributed by atoms with Crippen molar-refractivity contribution in [2.75, 3.05) is 0 Å². The number of benzene rings is 1. The summed E-state index contributed by atoms with van der Waals surface area (Å²) in [6.45, 7) is -0.401. The SMILES string of the molecule is N#Cc1c(Br)cnn1Cc1cc(C(F)(F)F)cc(C(F)(F)F)c1. The lowest BCUT2D eigenvalue weighted by molar-refractivity contribution is -0.143. The van der Waals surface area contributed by atoms with Gasteiger partial charge in [0.2, 0.25) is 0 Å². The van der Waals surface area contributed by atoms with Gasteiger partial charge in [-0.3, -0.25) is 0 Å². The molecule has 0 atom stereocenters. The quantitative estimate of drug-likeness (QED) is 0.694. The molecular weight excluding hydrogens is 392 g/mol. The van der Waals surface area contributed by atoms with Crippen molar-refractivity contribution in [1.82, 2.24) is 9.78 Å². The van der Waals surface area contributed by atoms with Gasteiger partial charge < -0.3 is 0 Å². The molecule has 0 spiro atoms. The van der Waals surface area contributed by atoms with Crippen LogP contribution in [-0.2, 0) is 18.9 Å². The summed E-state index contributed by atoms with van der Waals surface area (Å²) >= 11 is 3.02. The van der Waals surface area contributed by atoms with E-state index in [0.29, 0.717) is 16.6 Å². The van der Waals surface area contributed by atoms with E-state index in [-0.39, 0.29) is 17.3 Å². The molecule has 0 fully saturated rings.